The third-order valence-electron chi connectivity index (χ3n) is 2.00. The summed E-state index contributed by atoms with van der Waals surface area (Å²) in [6.07, 6.45) is 13.6. The lowest BCUT2D eigenvalue weighted by molar-refractivity contribution is 0.196. The first kappa shape index (κ1) is 8.56. The van der Waals surface area contributed by atoms with E-state index in [1.54, 1.807) is 12.4 Å². The van der Waals surface area contributed by atoms with E-state index in [0.717, 1.165) is 15.7 Å². The van der Waals surface area contributed by atoms with Gasteiger partial charge in [0.25, 0.3) is 0 Å². The van der Waals surface area contributed by atoms with Crippen LogP contribution in [0.1, 0.15) is 11.1 Å². The first-order chi connectivity index (χ1) is 6.77. The van der Waals surface area contributed by atoms with Crippen molar-refractivity contribution in [3.8, 4) is 0 Å². The monoisotopic (exact) mass is 187 g/mol. The maximum Gasteiger partial charge on any atom is 0.415 e. The molecule has 0 spiro atoms. The molecule has 1 aromatic heterocycles. The van der Waals surface area contributed by atoms with Crippen molar-refractivity contribution in [1.82, 2.24) is 4.57 Å². The van der Waals surface area contributed by atoms with Gasteiger partial charge in [0.1, 0.15) is 0 Å². The molecular formula is C11H9NO2. The van der Waals surface area contributed by atoms with Gasteiger partial charge in [-0.05, 0) is 11.1 Å². The van der Waals surface area contributed by atoms with E-state index >= 15 is 0 Å². The molecule has 0 saturated heterocycles. The number of carbonyl (C=O) groups is 1. The number of rotatable bonds is 0. The van der Waals surface area contributed by atoms with Crippen LogP contribution in [0.4, 0.5) is 4.79 Å². The topological polar surface area (TPSA) is 42.2 Å². The van der Waals surface area contributed by atoms with E-state index in [0.29, 0.717) is 0 Å². The molecule has 0 fully saturated rings. The summed E-state index contributed by atoms with van der Waals surface area (Å²) in [5.74, 6) is 0. The van der Waals surface area contributed by atoms with Crippen molar-refractivity contribution in [2.45, 2.75) is 0 Å². The molecule has 0 aromatic carbocycles. The quantitative estimate of drug-likeness (QED) is 0.678. The van der Waals surface area contributed by atoms with E-state index in [9.17, 15) is 4.79 Å². The summed E-state index contributed by atoms with van der Waals surface area (Å²) in [7, 11) is 0. The van der Waals surface area contributed by atoms with Crippen LogP contribution in [0, 0.1) is 0 Å². The molecule has 3 nitrogen and oxygen atoms in total. The van der Waals surface area contributed by atoms with Crippen molar-refractivity contribution in [3.05, 3.63) is 47.8 Å². The van der Waals surface area contributed by atoms with E-state index in [4.69, 9.17) is 5.11 Å². The molecule has 1 aromatic rings. The van der Waals surface area contributed by atoms with Gasteiger partial charge in [-0.15, -0.1) is 0 Å². The fourth-order valence-electron chi connectivity index (χ4n) is 1.32. The number of hydrogen-bond acceptors (Lipinski definition) is 1. The Morgan fingerprint density at radius 1 is 1.00 bits per heavy atom. The molecule has 0 radical (unpaired) electrons. The highest BCUT2D eigenvalue weighted by Crippen LogP contribution is 2.16. The molecule has 14 heavy (non-hydrogen) atoms. The van der Waals surface area contributed by atoms with Crippen LogP contribution in [0.25, 0.3) is 12.2 Å². The van der Waals surface area contributed by atoms with Gasteiger partial charge in [-0.2, -0.15) is 0 Å². The molecule has 0 saturated carbocycles. The molecule has 0 atom stereocenters. The van der Waals surface area contributed by atoms with Crippen LogP contribution in [-0.4, -0.2) is 15.8 Å². The minimum atomic E-state index is -0.966. The lowest BCUT2D eigenvalue weighted by Gasteiger charge is -1.91. The van der Waals surface area contributed by atoms with Crippen LogP contribution >= 0.6 is 0 Å². The Hall–Kier alpha value is -2.03. The van der Waals surface area contributed by atoms with Crippen LogP contribution < -0.4 is 0 Å². The molecule has 70 valence electrons. The van der Waals surface area contributed by atoms with Crippen molar-refractivity contribution in [2.24, 2.45) is 0 Å². The Kier molecular flexibility index (Phi) is 2.07. The van der Waals surface area contributed by atoms with Gasteiger partial charge in [-0.3, -0.25) is 4.57 Å². The van der Waals surface area contributed by atoms with E-state index in [1.165, 1.54) is 0 Å². The molecule has 0 aliphatic heterocycles. The van der Waals surface area contributed by atoms with Gasteiger partial charge in [0.15, 0.2) is 0 Å². The number of hydrogen-bond donors (Lipinski definition) is 1. The third kappa shape index (κ3) is 1.52. The lowest BCUT2D eigenvalue weighted by Crippen LogP contribution is -2.03. The molecule has 0 unspecified atom stereocenters. The first-order valence-electron chi connectivity index (χ1n) is 4.24. The zero-order valence-electron chi connectivity index (χ0n) is 7.42. The molecule has 1 aliphatic rings. The van der Waals surface area contributed by atoms with Crippen molar-refractivity contribution in [3.63, 3.8) is 0 Å². The van der Waals surface area contributed by atoms with Crippen LogP contribution in [0.3, 0.4) is 0 Å². The summed E-state index contributed by atoms with van der Waals surface area (Å²) in [5.41, 5.74) is 1.82. The van der Waals surface area contributed by atoms with Crippen molar-refractivity contribution >= 4 is 18.2 Å². The van der Waals surface area contributed by atoms with Crippen LogP contribution in [0.5, 0.6) is 0 Å². The predicted octanol–water partition coefficient (Wildman–Crippen LogP) is 2.61. The lowest BCUT2D eigenvalue weighted by atomic mass is 10.1. The van der Waals surface area contributed by atoms with E-state index in [2.05, 4.69) is 0 Å². The summed E-state index contributed by atoms with van der Waals surface area (Å²) in [6, 6.07) is 0. The molecule has 2 rings (SSSR count). The standard InChI is InChI=1S/C11H9NO2/c13-11(14)12-7-9-5-3-1-2-4-6-10(9)8-12/h1-8H,(H,13,14)/b2-1-,5-3-,6-4-. The maximum absolute atomic E-state index is 10.7. The summed E-state index contributed by atoms with van der Waals surface area (Å²) in [6.45, 7) is 0. The molecule has 0 amide bonds. The van der Waals surface area contributed by atoms with Crippen LogP contribution in [0.2, 0.25) is 0 Å². The first-order valence-corrected chi connectivity index (χ1v) is 4.24. The molecular weight excluding hydrogens is 178 g/mol. The highest BCUT2D eigenvalue weighted by Gasteiger charge is 2.06. The zero-order valence-corrected chi connectivity index (χ0v) is 7.42. The van der Waals surface area contributed by atoms with Gasteiger partial charge in [-0.25, -0.2) is 4.79 Å². The Bertz CT molecular complexity index is 416. The fourth-order valence-corrected chi connectivity index (χ4v) is 1.32. The number of nitrogens with zero attached hydrogens (tertiary/aromatic N) is 1. The SMILES string of the molecule is O=C(O)n1cc2c(c1)\C=C/C=C\C=C/2. The molecule has 0 bridgehead atoms. The third-order valence-corrected chi connectivity index (χ3v) is 2.00. The maximum atomic E-state index is 10.7. The Labute approximate surface area is 81.3 Å². The van der Waals surface area contributed by atoms with E-state index < -0.39 is 6.09 Å². The normalized spacial score (nSPS) is 20.3. The van der Waals surface area contributed by atoms with Gasteiger partial charge >= 0.3 is 6.09 Å². The second-order valence-electron chi connectivity index (χ2n) is 2.96. The molecule has 3 heteroatoms. The highest BCUT2D eigenvalue weighted by atomic mass is 16.4. The van der Waals surface area contributed by atoms with Gasteiger partial charge in [0.2, 0.25) is 0 Å². The number of aromatic nitrogens is 1. The largest absolute Gasteiger partial charge is 0.464 e. The molecule has 1 aliphatic carbocycles. The van der Waals surface area contributed by atoms with Gasteiger partial charge in [-0.1, -0.05) is 36.5 Å². The Morgan fingerprint density at radius 2 is 1.50 bits per heavy atom. The summed E-state index contributed by atoms with van der Waals surface area (Å²) < 4.78 is 1.16. The molecule has 1 heterocycles. The number of fused-ring (bicyclic) bond motifs is 1. The number of carboxylic acid groups (broad SMARTS) is 1. The minimum absolute atomic E-state index is 0.910. The van der Waals surface area contributed by atoms with Gasteiger partial charge in [0.05, 0.1) is 0 Å². The van der Waals surface area contributed by atoms with E-state index in [-0.39, 0.29) is 0 Å². The molecule has 1 N–H and O–H groups in total. The van der Waals surface area contributed by atoms with Gasteiger partial charge < -0.3 is 5.11 Å². The zero-order chi connectivity index (χ0) is 9.97. The Balaban J connectivity index is 2.50. The summed E-state index contributed by atoms with van der Waals surface area (Å²) >= 11 is 0. The summed E-state index contributed by atoms with van der Waals surface area (Å²) in [4.78, 5) is 10.7. The second-order valence-corrected chi connectivity index (χ2v) is 2.96. The minimum Gasteiger partial charge on any atom is -0.464 e. The second kappa shape index (κ2) is 3.38. The van der Waals surface area contributed by atoms with Crippen molar-refractivity contribution in [2.75, 3.05) is 0 Å². The smallest absolute Gasteiger partial charge is 0.415 e. The summed E-state index contributed by atoms with van der Waals surface area (Å²) in [5, 5.41) is 8.77. The Morgan fingerprint density at radius 3 is 1.93 bits per heavy atom. The highest BCUT2D eigenvalue weighted by molar-refractivity contribution is 5.74. The van der Waals surface area contributed by atoms with E-state index in [1.807, 2.05) is 36.5 Å². The van der Waals surface area contributed by atoms with Crippen molar-refractivity contribution in [1.29, 1.82) is 0 Å². The predicted molar refractivity (Wildman–Crippen MR) is 55.1 cm³/mol. The van der Waals surface area contributed by atoms with Crippen molar-refractivity contribution < 1.29 is 9.90 Å². The van der Waals surface area contributed by atoms with Gasteiger partial charge in [0, 0.05) is 12.4 Å². The van der Waals surface area contributed by atoms with Crippen LogP contribution in [-0.2, 0) is 0 Å². The van der Waals surface area contributed by atoms with Crippen LogP contribution in [0.15, 0.2) is 36.7 Å². The average Bonchev–Trinajstić information content (AvgIpc) is 2.48. The average molecular weight is 187 g/mol. The number of allylic oxidation sites excluding steroid dienone is 4. The fraction of sp³-hybridized carbons (Fsp3) is 0.